The van der Waals surface area contributed by atoms with Crippen LogP contribution in [0.5, 0.6) is 5.75 Å². The maximum Gasteiger partial charge on any atom is 0.167 e. The standard InChI is InChI=1S/C18H20FN5O/c1-12-20-5-7-23(12)10-13-4-3-6-24(13)18-14-8-17(25-2)15(19)9-16(14)21-11-22-18/h5,7-9,11,13H,3-4,6,10H2,1-2H3. The summed E-state index contributed by atoms with van der Waals surface area (Å²) < 4.78 is 21.3. The number of hydrogen-bond donors (Lipinski definition) is 0. The molecule has 0 radical (unpaired) electrons. The molecule has 1 aliphatic heterocycles. The molecule has 0 aliphatic carbocycles. The smallest absolute Gasteiger partial charge is 0.167 e. The summed E-state index contributed by atoms with van der Waals surface area (Å²) in [6.07, 6.45) is 7.51. The molecule has 0 bridgehead atoms. The second-order valence-electron chi connectivity index (χ2n) is 6.32. The third-order valence-electron chi connectivity index (χ3n) is 4.87. The Hall–Kier alpha value is -2.70. The summed E-state index contributed by atoms with van der Waals surface area (Å²) >= 11 is 0. The number of rotatable bonds is 4. The summed E-state index contributed by atoms with van der Waals surface area (Å²) in [6, 6.07) is 3.42. The summed E-state index contributed by atoms with van der Waals surface area (Å²) in [5, 5.41) is 0.815. The minimum atomic E-state index is -0.410. The highest BCUT2D eigenvalue weighted by molar-refractivity contribution is 5.90. The van der Waals surface area contributed by atoms with Crippen molar-refractivity contribution in [3.05, 3.63) is 42.5 Å². The van der Waals surface area contributed by atoms with Gasteiger partial charge in [0.25, 0.3) is 0 Å². The summed E-state index contributed by atoms with van der Waals surface area (Å²) in [7, 11) is 1.47. The van der Waals surface area contributed by atoms with Gasteiger partial charge in [0.1, 0.15) is 18.0 Å². The topological polar surface area (TPSA) is 56.1 Å². The molecular formula is C18H20FN5O. The van der Waals surface area contributed by atoms with E-state index in [1.54, 1.807) is 6.07 Å². The van der Waals surface area contributed by atoms with Crippen LogP contribution in [0.2, 0.25) is 0 Å². The van der Waals surface area contributed by atoms with Crippen LogP contribution >= 0.6 is 0 Å². The average Bonchev–Trinajstić information content (AvgIpc) is 3.23. The lowest BCUT2D eigenvalue weighted by atomic mass is 10.1. The molecule has 2 aromatic heterocycles. The van der Waals surface area contributed by atoms with Crippen LogP contribution in [0.4, 0.5) is 10.2 Å². The van der Waals surface area contributed by atoms with Gasteiger partial charge in [-0.1, -0.05) is 0 Å². The highest BCUT2D eigenvalue weighted by Crippen LogP contribution is 2.33. The van der Waals surface area contributed by atoms with Gasteiger partial charge in [0.05, 0.1) is 12.6 Å². The van der Waals surface area contributed by atoms with E-state index in [0.29, 0.717) is 11.6 Å². The Morgan fingerprint density at radius 2 is 2.16 bits per heavy atom. The van der Waals surface area contributed by atoms with Crippen LogP contribution in [-0.2, 0) is 6.54 Å². The molecule has 4 rings (SSSR count). The number of methoxy groups -OCH3 is 1. The first-order chi connectivity index (χ1) is 12.2. The predicted molar refractivity (Wildman–Crippen MR) is 93.4 cm³/mol. The van der Waals surface area contributed by atoms with Gasteiger partial charge in [-0.05, 0) is 25.8 Å². The number of hydrogen-bond acceptors (Lipinski definition) is 5. The normalized spacial score (nSPS) is 17.4. The number of aryl methyl sites for hydroxylation is 1. The average molecular weight is 341 g/mol. The van der Waals surface area contributed by atoms with Crippen molar-refractivity contribution < 1.29 is 9.13 Å². The van der Waals surface area contributed by atoms with Crippen LogP contribution < -0.4 is 9.64 Å². The molecule has 1 atom stereocenters. The van der Waals surface area contributed by atoms with E-state index in [9.17, 15) is 4.39 Å². The molecular weight excluding hydrogens is 321 g/mol. The molecule has 6 nitrogen and oxygen atoms in total. The lowest BCUT2D eigenvalue weighted by Gasteiger charge is -2.27. The fourth-order valence-electron chi connectivity index (χ4n) is 3.56. The van der Waals surface area contributed by atoms with Gasteiger partial charge in [-0.3, -0.25) is 0 Å². The minimum Gasteiger partial charge on any atom is -0.494 e. The SMILES string of the molecule is COc1cc2c(N3CCCC3Cn3ccnc3C)ncnc2cc1F. The molecule has 1 fully saturated rings. The fourth-order valence-corrected chi connectivity index (χ4v) is 3.56. The minimum absolute atomic E-state index is 0.213. The molecule has 7 heteroatoms. The van der Waals surface area contributed by atoms with Gasteiger partial charge >= 0.3 is 0 Å². The molecule has 130 valence electrons. The van der Waals surface area contributed by atoms with E-state index in [0.717, 1.165) is 43.0 Å². The second-order valence-corrected chi connectivity index (χ2v) is 6.32. The zero-order valence-electron chi connectivity index (χ0n) is 14.3. The first-order valence-electron chi connectivity index (χ1n) is 8.40. The van der Waals surface area contributed by atoms with Crippen LogP contribution in [-0.4, -0.2) is 39.2 Å². The van der Waals surface area contributed by atoms with Crippen LogP contribution in [0, 0.1) is 12.7 Å². The van der Waals surface area contributed by atoms with Gasteiger partial charge < -0.3 is 14.2 Å². The van der Waals surface area contributed by atoms with Crippen LogP contribution in [0.3, 0.4) is 0 Å². The number of fused-ring (bicyclic) bond motifs is 1. The predicted octanol–water partition coefficient (Wildman–Crippen LogP) is 2.95. The lowest BCUT2D eigenvalue weighted by Crippen LogP contribution is -2.33. The molecule has 25 heavy (non-hydrogen) atoms. The molecule has 1 aliphatic rings. The van der Waals surface area contributed by atoms with Crippen molar-refractivity contribution in [2.24, 2.45) is 0 Å². The maximum absolute atomic E-state index is 14.0. The Morgan fingerprint density at radius 3 is 2.92 bits per heavy atom. The molecule has 3 aromatic rings. The van der Waals surface area contributed by atoms with Crippen molar-refractivity contribution in [1.29, 1.82) is 0 Å². The zero-order valence-corrected chi connectivity index (χ0v) is 14.3. The summed E-state index contributed by atoms with van der Waals surface area (Å²) in [4.78, 5) is 15.3. The first kappa shape index (κ1) is 15.8. The quantitative estimate of drug-likeness (QED) is 0.730. The monoisotopic (exact) mass is 341 g/mol. The van der Waals surface area contributed by atoms with Crippen LogP contribution in [0.1, 0.15) is 18.7 Å². The van der Waals surface area contributed by atoms with Gasteiger partial charge in [0.15, 0.2) is 11.6 Å². The van der Waals surface area contributed by atoms with Gasteiger partial charge in [-0.2, -0.15) is 0 Å². The van der Waals surface area contributed by atoms with E-state index in [1.807, 2.05) is 19.3 Å². The van der Waals surface area contributed by atoms with Crippen LogP contribution in [0.25, 0.3) is 10.9 Å². The summed E-state index contributed by atoms with van der Waals surface area (Å²) in [5.74, 6) is 1.64. The molecule has 0 spiro atoms. The molecule has 0 saturated carbocycles. The van der Waals surface area contributed by atoms with E-state index in [-0.39, 0.29) is 5.75 Å². The molecule has 3 heterocycles. The Morgan fingerprint density at radius 1 is 1.28 bits per heavy atom. The third kappa shape index (κ3) is 2.79. The van der Waals surface area contributed by atoms with Gasteiger partial charge in [0.2, 0.25) is 0 Å². The summed E-state index contributed by atoms with van der Waals surface area (Å²) in [6.45, 7) is 3.78. The fraction of sp³-hybridized carbons (Fsp3) is 0.389. The Kier molecular flexibility index (Phi) is 3.99. The van der Waals surface area contributed by atoms with Crippen molar-refractivity contribution in [3.63, 3.8) is 0 Å². The third-order valence-corrected chi connectivity index (χ3v) is 4.87. The van der Waals surface area contributed by atoms with E-state index < -0.39 is 5.82 Å². The lowest BCUT2D eigenvalue weighted by molar-refractivity contribution is 0.387. The van der Waals surface area contributed by atoms with Crippen molar-refractivity contribution in [2.75, 3.05) is 18.6 Å². The van der Waals surface area contributed by atoms with E-state index in [4.69, 9.17) is 4.74 Å². The van der Waals surface area contributed by atoms with Gasteiger partial charge in [0, 0.05) is 43.0 Å². The van der Waals surface area contributed by atoms with E-state index in [1.165, 1.54) is 19.5 Å². The first-order valence-corrected chi connectivity index (χ1v) is 8.40. The van der Waals surface area contributed by atoms with Crippen molar-refractivity contribution in [3.8, 4) is 5.75 Å². The largest absolute Gasteiger partial charge is 0.494 e. The van der Waals surface area contributed by atoms with Crippen LogP contribution in [0.15, 0.2) is 30.9 Å². The van der Waals surface area contributed by atoms with Gasteiger partial charge in [-0.15, -0.1) is 0 Å². The number of imidazole rings is 1. The highest BCUT2D eigenvalue weighted by Gasteiger charge is 2.28. The van der Waals surface area contributed by atoms with E-state index in [2.05, 4.69) is 24.4 Å². The number of nitrogens with zero attached hydrogens (tertiary/aromatic N) is 5. The summed E-state index contributed by atoms with van der Waals surface area (Å²) in [5.41, 5.74) is 0.591. The van der Waals surface area contributed by atoms with Gasteiger partial charge in [-0.25, -0.2) is 19.3 Å². The number of benzene rings is 1. The highest BCUT2D eigenvalue weighted by atomic mass is 19.1. The molecule has 1 aromatic carbocycles. The Balaban J connectivity index is 1.73. The Bertz CT molecular complexity index is 910. The van der Waals surface area contributed by atoms with Crippen molar-refractivity contribution in [1.82, 2.24) is 19.5 Å². The molecule has 0 amide bonds. The molecule has 1 saturated heterocycles. The zero-order chi connectivity index (χ0) is 17.4. The number of aromatic nitrogens is 4. The maximum atomic E-state index is 14.0. The molecule has 0 N–H and O–H groups in total. The number of halogens is 1. The number of ether oxygens (including phenoxy) is 1. The van der Waals surface area contributed by atoms with Crippen molar-refractivity contribution >= 4 is 16.7 Å². The van der Waals surface area contributed by atoms with Crippen molar-refractivity contribution in [2.45, 2.75) is 32.4 Å². The second kappa shape index (κ2) is 6.31. The number of anilines is 1. The Labute approximate surface area is 145 Å². The van der Waals surface area contributed by atoms with E-state index >= 15 is 0 Å². The molecule has 1 unspecified atom stereocenters.